The molecule has 0 saturated heterocycles. The molecule has 0 aliphatic heterocycles. The Kier molecular flexibility index (Phi) is 4.28. The Bertz CT molecular complexity index is 975. The third-order valence-corrected chi connectivity index (χ3v) is 4.31. The molecule has 0 unspecified atom stereocenters. The van der Waals surface area contributed by atoms with Crippen LogP contribution in [0.3, 0.4) is 0 Å². The van der Waals surface area contributed by atoms with Gasteiger partial charge in [-0.1, -0.05) is 66.2 Å². The topological polar surface area (TPSA) is 17.0 Å². The maximum atomic E-state index is 6.12. The highest BCUT2D eigenvalue weighted by molar-refractivity contribution is 6.30. The fourth-order valence-corrected chi connectivity index (χ4v) is 3.14. The van der Waals surface area contributed by atoms with Crippen molar-refractivity contribution in [2.24, 2.45) is 0 Å². The highest BCUT2D eigenvalue weighted by atomic mass is 35.5. The number of anilines is 2. The summed E-state index contributed by atoms with van der Waals surface area (Å²) in [6.45, 7) is 0. The van der Waals surface area contributed by atoms with Crippen LogP contribution in [0.2, 0.25) is 5.02 Å². The van der Waals surface area contributed by atoms with Crippen molar-refractivity contribution < 1.29 is 0 Å². The molecule has 1 aromatic heterocycles. The van der Waals surface area contributed by atoms with E-state index in [4.69, 9.17) is 11.6 Å². The standard InChI is InChI=1S/C22H17ClN2/c23-18-10-7-11-19(16-18)24-21-14-15-25(20-12-5-2-6-13-20)22(21)17-8-3-1-4-9-17/h1-16,24H. The zero-order valence-electron chi connectivity index (χ0n) is 13.6. The lowest BCUT2D eigenvalue weighted by Crippen LogP contribution is -1.98. The fraction of sp³-hybridized carbons (Fsp3) is 0. The van der Waals surface area contributed by atoms with E-state index in [2.05, 4.69) is 58.5 Å². The molecule has 0 radical (unpaired) electrons. The van der Waals surface area contributed by atoms with E-state index >= 15 is 0 Å². The van der Waals surface area contributed by atoms with Crippen molar-refractivity contribution in [3.8, 4) is 16.9 Å². The van der Waals surface area contributed by atoms with Gasteiger partial charge in [0.1, 0.15) is 0 Å². The molecule has 0 fully saturated rings. The summed E-state index contributed by atoms with van der Waals surface area (Å²) in [6, 6.07) is 30.6. The molecule has 0 amide bonds. The average Bonchev–Trinajstić information content (AvgIpc) is 3.07. The number of aromatic nitrogens is 1. The summed E-state index contributed by atoms with van der Waals surface area (Å²) >= 11 is 6.12. The van der Waals surface area contributed by atoms with Crippen molar-refractivity contribution in [3.05, 3.63) is 102 Å². The first-order chi connectivity index (χ1) is 12.3. The lowest BCUT2D eigenvalue weighted by molar-refractivity contribution is 1.09. The first kappa shape index (κ1) is 15.6. The number of para-hydroxylation sites is 1. The Balaban J connectivity index is 1.83. The second-order valence-electron chi connectivity index (χ2n) is 5.78. The second kappa shape index (κ2) is 6.88. The SMILES string of the molecule is Clc1cccc(Nc2ccn(-c3ccccc3)c2-c2ccccc2)c1. The molecule has 122 valence electrons. The Labute approximate surface area is 152 Å². The molecule has 4 rings (SSSR count). The van der Waals surface area contributed by atoms with E-state index in [1.54, 1.807) is 0 Å². The van der Waals surface area contributed by atoms with E-state index in [1.807, 2.05) is 48.5 Å². The lowest BCUT2D eigenvalue weighted by atomic mass is 10.1. The minimum absolute atomic E-state index is 0.716. The lowest BCUT2D eigenvalue weighted by Gasteiger charge is -2.13. The van der Waals surface area contributed by atoms with Crippen molar-refractivity contribution in [2.75, 3.05) is 5.32 Å². The van der Waals surface area contributed by atoms with Gasteiger partial charge in [-0.3, -0.25) is 0 Å². The van der Waals surface area contributed by atoms with Crippen LogP contribution in [0.5, 0.6) is 0 Å². The van der Waals surface area contributed by atoms with Crippen LogP contribution in [0, 0.1) is 0 Å². The number of rotatable bonds is 4. The third kappa shape index (κ3) is 3.30. The Morgan fingerprint density at radius 2 is 1.44 bits per heavy atom. The zero-order valence-corrected chi connectivity index (χ0v) is 14.3. The zero-order chi connectivity index (χ0) is 17.1. The van der Waals surface area contributed by atoms with Gasteiger partial charge in [0, 0.05) is 28.2 Å². The highest BCUT2D eigenvalue weighted by Crippen LogP contribution is 2.34. The van der Waals surface area contributed by atoms with E-state index in [0.717, 1.165) is 28.3 Å². The molecule has 0 aliphatic rings. The number of halogens is 1. The maximum absolute atomic E-state index is 6.12. The van der Waals surface area contributed by atoms with Crippen molar-refractivity contribution in [2.45, 2.75) is 0 Å². The highest BCUT2D eigenvalue weighted by Gasteiger charge is 2.13. The molecule has 0 saturated carbocycles. The molecule has 4 aromatic rings. The van der Waals surface area contributed by atoms with Crippen molar-refractivity contribution in [3.63, 3.8) is 0 Å². The first-order valence-corrected chi connectivity index (χ1v) is 8.54. The van der Waals surface area contributed by atoms with Crippen LogP contribution < -0.4 is 5.32 Å². The van der Waals surface area contributed by atoms with Crippen molar-refractivity contribution in [1.29, 1.82) is 0 Å². The van der Waals surface area contributed by atoms with Gasteiger partial charge in [0.15, 0.2) is 0 Å². The summed E-state index contributed by atoms with van der Waals surface area (Å²) in [6.07, 6.45) is 2.09. The van der Waals surface area contributed by atoms with E-state index in [0.29, 0.717) is 5.02 Å². The first-order valence-electron chi connectivity index (χ1n) is 8.16. The predicted molar refractivity (Wildman–Crippen MR) is 106 cm³/mol. The maximum Gasteiger partial charge on any atom is 0.0765 e. The van der Waals surface area contributed by atoms with Crippen LogP contribution in [0.4, 0.5) is 11.4 Å². The second-order valence-corrected chi connectivity index (χ2v) is 6.22. The molecule has 0 atom stereocenters. The fourth-order valence-electron chi connectivity index (χ4n) is 2.95. The Morgan fingerprint density at radius 1 is 0.720 bits per heavy atom. The molecule has 1 heterocycles. The van der Waals surface area contributed by atoms with E-state index < -0.39 is 0 Å². The van der Waals surface area contributed by atoms with E-state index in [9.17, 15) is 0 Å². The number of nitrogens with zero attached hydrogens (tertiary/aromatic N) is 1. The van der Waals surface area contributed by atoms with Gasteiger partial charge < -0.3 is 9.88 Å². The normalized spacial score (nSPS) is 10.6. The molecular formula is C22H17ClN2. The predicted octanol–water partition coefficient (Wildman–Crippen LogP) is 6.54. The van der Waals surface area contributed by atoms with Crippen molar-refractivity contribution >= 4 is 23.0 Å². The summed E-state index contributed by atoms with van der Waals surface area (Å²) in [5.74, 6) is 0. The minimum Gasteiger partial charge on any atom is -0.354 e. The molecular weight excluding hydrogens is 328 g/mol. The number of nitrogens with one attached hydrogen (secondary N) is 1. The van der Waals surface area contributed by atoms with E-state index in [-0.39, 0.29) is 0 Å². The summed E-state index contributed by atoms with van der Waals surface area (Å²) < 4.78 is 2.20. The molecule has 2 nitrogen and oxygen atoms in total. The molecule has 0 bridgehead atoms. The number of hydrogen-bond donors (Lipinski definition) is 1. The molecule has 0 spiro atoms. The van der Waals surface area contributed by atoms with Gasteiger partial charge in [-0.15, -0.1) is 0 Å². The summed E-state index contributed by atoms with van der Waals surface area (Å²) in [5, 5.41) is 4.21. The van der Waals surface area contributed by atoms with Crippen LogP contribution in [-0.4, -0.2) is 4.57 Å². The summed E-state index contributed by atoms with van der Waals surface area (Å²) in [5.41, 5.74) is 5.40. The Morgan fingerprint density at radius 3 is 2.16 bits per heavy atom. The number of hydrogen-bond acceptors (Lipinski definition) is 1. The average molecular weight is 345 g/mol. The van der Waals surface area contributed by atoms with Gasteiger partial charge in [-0.05, 0) is 36.4 Å². The van der Waals surface area contributed by atoms with Gasteiger partial charge in [0.05, 0.1) is 11.4 Å². The van der Waals surface area contributed by atoms with E-state index in [1.165, 1.54) is 0 Å². The summed E-state index contributed by atoms with van der Waals surface area (Å²) in [4.78, 5) is 0. The molecule has 0 aliphatic carbocycles. The van der Waals surface area contributed by atoms with Gasteiger partial charge in [-0.2, -0.15) is 0 Å². The van der Waals surface area contributed by atoms with Gasteiger partial charge in [-0.25, -0.2) is 0 Å². The minimum atomic E-state index is 0.716. The molecule has 3 heteroatoms. The van der Waals surface area contributed by atoms with Gasteiger partial charge in [0.2, 0.25) is 0 Å². The third-order valence-electron chi connectivity index (χ3n) is 4.07. The van der Waals surface area contributed by atoms with Gasteiger partial charge in [0.25, 0.3) is 0 Å². The number of benzene rings is 3. The van der Waals surface area contributed by atoms with Crippen LogP contribution in [-0.2, 0) is 0 Å². The van der Waals surface area contributed by atoms with Crippen LogP contribution in [0.15, 0.2) is 97.2 Å². The molecule has 1 N–H and O–H groups in total. The van der Waals surface area contributed by atoms with Crippen molar-refractivity contribution in [1.82, 2.24) is 4.57 Å². The Hall–Kier alpha value is -2.97. The molecule has 25 heavy (non-hydrogen) atoms. The largest absolute Gasteiger partial charge is 0.354 e. The monoisotopic (exact) mass is 344 g/mol. The van der Waals surface area contributed by atoms with Gasteiger partial charge >= 0.3 is 0 Å². The quantitative estimate of drug-likeness (QED) is 0.444. The smallest absolute Gasteiger partial charge is 0.0765 e. The van der Waals surface area contributed by atoms with Crippen LogP contribution in [0.1, 0.15) is 0 Å². The summed E-state index contributed by atoms with van der Waals surface area (Å²) in [7, 11) is 0. The van der Waals surface area contributed by atoms with Crippen LogP contribution >= 0.6 is 11.6 Å². The molecule has 3 aromatic carbocycles. The van der Waals surface area contributed by atoms with Crippen LogP contribution in [0.25, 0.3) is 16.9 Å².